The van der Waals surface area contributed by atoms with Crippen molar-refractivity contribution in [1.82, 2.24) is 14.5 Å². The zero-order chi connectivity index (χ0) is 32.0. The van der Waals surface area contributed by atoms with E-state index in [0.717, 1.165) is 39.0 Å². The van der Waals surface area contributed by atoms with Crippen LogP contribution in [0.2, 0.25) is 0 Å². The fraction of sp³-hybridized carbons (Fsp3) is 0.0667. The molecule has 10 rings (SSSR count). The van der Waals surface area contributed by atoms with Crippen LogP contribution in [0, 0.1) is 0 Å². The van der Waals surface area contributed by atoms with E-state index in [1.807, 2.05) is 12.3 Å². The van der Waals surface area contributed by atoms with Crippen LogP contribution in [0.1, 0.15) is 25.0 Å². The molecule has 3 heteroatoms. The highest BCUT2D eigenvalue weighted by molar-refractivity contribution is 6.16. The quantitative estimate of drug-likeness (QED) is 0.185. The number of nitrogens with zero attached hydrogens (tertiary/aromatic N) is 3. The largest absolute Gasteiger partial charge is 0.292 e. The van der Waals surface area contributed by atoms with Gasteiger partial charge in [0.25, 0.3) is 0 Å². The van der Waals surface area contributed by atoms with Gasteiger partial charge in [-0.2, -0.15) is 0 Å². The first-order valence-electron chi connectivity index (χ1n) is 16.6. The smallest absolute Gasteiger partial charge is 0.145 e. The molecular formula is C45H31N3. The Labute approximate surface area is 278 Å². The second-order valence-electron chi connectivity index (χ2n) is 13.5. The van der Waals surface area contributed by atoms with Crippen molar-refractivity contribution >= 4 is 43.5 Å². The highest BCUT2D eigenvalue weighted by Gasteiger charge is 2.35. The summed E-state index contributed by atoms with van der Waals surface area (Å²) in [6.07, 6.45) is 1.86. The summed E-state index contributed by atoms with van der Waals surface area (Å²) in [7, 11) is 0. The van der Waals surface area contributed by atoms with Gasteiger partial charge in [-0.3, -0.25) is 9.55 Å². The van der Waals surface area contributed by atoms with Crippen molar-refractivity contribution in [2.75, 3.05) is 0 Å². The number of imidazole rings is 1. The number of hydrogen-bond donors (Lipinski definition) is 0. The predicted molar refractivity (Wildman–Crippen MR) is 200 cm³/mol. The van der Waals surface area contributed by atoms with Crippen LogP contribution < -0.4 is 0 Å². The molecule has 0 fully saturated rings. The first kappa shape index (κ1) is 27.1. The van der Waals surface area contributed by atoms with E-state index in [2.05, 4.69) is 163 Å². The number of fused-ring (bicyclic) bond motifs is 2. The van der Waals surface area contributed by atoms with Gasteiger partial charge in [0, 0.05) is 28.2 Å². The van der Waals surface area contributed by atoms with Crippen LogP contribution in [0.25, 0.3) is 82.8 Å². The van der Waals surface area contributed by atoms with Gasteiger partial charge in [0.2, 0.25) is 0 Å². The van der Waals surface area contributed by atoms with Crippen molar-refractivity contribution in [2.24, 2.45) is 0 Å². The number of aromatic nitrogens is 3. The molecule has 1 aliphatic carbocycles. The zero-order valence-corrected chi connectivity index (χ0v) is 26.8. The average molecular weight is 614 g/mol. The van der Waals surface area contributed by atoms with Gasteiger partial charge in [0.1, 0.15) is 5.82 Å². The van der Waals surface area contributed by atoms with Gasteiger partial charge in [-0.25, -0.2) is 4.98 Å². The number of pyridine rings is 1. The fourth-order valence-electron chi connectivity index (χ4n) is 7.92. The van der Waals surface area contributed by atoms with Gasteiger partial charge in [-0.05, 0) is 122 Å². The molecule has 0 saturated heterocycles. The van der Waals surface area contributed by atoms with Gasteiger partial charge in [0.05, 0.1) is 16.6 Å². The van der Waals surface area contributed by atoms with Gasteiger partial charge in [0.15, 0.2) is 0 Å². The monoisotopic (exact) mass is 613 g/mol. The van der Waals surface area contributed by atoms with Crippen molar-refractivity contribution in [3.63, 3.8) is 0 Å². The lowest BCUT2D eigenvalue weighted by Crippen LogP contribution is -2.15. The Balaban J connectivity index is 1.07. The third-order valence-electron chi connectivity index (χ3n) is 10.4. The highest BCUT2D eigenvalue weighted by atomic mass is 15.1. The molecule has 226 valence electrons. The second-order valence-corrected chi connectivity index (χ2v) is 13.5. The third kappa shape index (κ3) is 3.94. The molecule has 0 spiro atoms. The maximum absolute atomic E-state index is 5.08. The van der Waals surface area contributed by atoms with Crippen molar-refractivity contribution in [3.8, 4) is 39.3 Å². The van der Waals surface area contributed by atoms with Gasteiger partial charge >= 0.3 is 0 Å². The Morgan fingerprint density at radius 2 is 1.10 bits per heavy atom. The Morgan fingerprint density at radius 3 is 1.85 bits per heavy atom. The van der Waals surface area contributed by atoms with Gasteiger partial charge < -0.3 is 0 Å². The van der Waals surface area contributed by atoms with Crippen LogP contribution in [-0.2, 0) is 5.41 Å². The first-order valence-corrected chi connectivity index (χ1v) is 16.6. The standard InChI is InChI=1S/C45H31N3/c1-45(2)37-26-34(28-14-16-29(17-15-28)44-47-40-12-6-7-13-41(40)48(44)36-10-4-3-5-11-36)24-32-18-19-33-25-35(27-38(45)43(33)42(32)37)30-20-21-39-31(23-30)9-8-22-46-39/h3-27H,1-2H3. The molecule has 3 nitrogen and oxygen atoms in total. The lowest BCUT2D eigenvalue weighted by molar-refractivity contribution is 0.663. The third-order valence-corrected chi connectivity index (χ3v) is 10.4. The summed E-state index contributed by atoms with van der Waals surface area (Å²) in [5, 5.41) is 6.53. The molecule has 48 heavy (non-hydrogen) atoms. The fourth-order valence-corrected chi connectivity index (χ4v) is 7.92. The Kier molecular flexibility index (Phi) is 5.63. The maximum atomic E-state index is 5.08. The number of rotatable bonds is 4. The van der Waals surface area contributed by atoms with E-state index in [1.54, 1.807) is 0 Å². The maximum Gasteiger partial charge on any atom is 0.145 e. The van der Waals surface area contributed by atoms with Gasteiger partial charge in [-0.15, -0.1) is 0 Å². The predicted octanol–water partition coefficient (Wildman–Crippen LogP) is 11.5. The molecule has 0 atom stereocenters. The Bertz CT molecular complexity index is 2730. The van der Waals surface area contributed by atoms with Gasteiger partial charge in [-0.1, -0.05) is 92.7 Å². The molecule has 0 aliphatic heterocycles. The van der Waals surface area contributed by atoms with Crippen molar-refractivity contribution in [1.29, 1.82) is 0 Å². The van der Waals surface area contributed by atoms with Crippen LogP contribution in [0.5, 0.6) is 0 Å². The van der Waals surface area contributed by atoms with Crippen LogP contribution in [0.15, 0.2) is 152 Å². The number of benzene rings is 7. The van der Waals surface area contributed by atoms with E-state index < -0.39 is 0 Å². The van der Waals surface area contributed by atoms with E-state index >= 15 is 0 Å². The molecule has 0 bridgehead atoms. The topological polar surface area (TPSA) is 30.7 Å². The molecule has 0 amide bonds. The second kappa shape index (κ2) is 9.97. The van der Waals surface area contributed by atoms with E-state index in [-0.39, 0.29) is 5.41 Å². The minimum absolute atomic E-state index is 0.134. The lowest BCUT2D eigenvalue weighted by Gasteiger charge is -2.23. The first-order chi connectivity index (χ1) is 23.5. The molecule has 0 radical (unpaired) electrons. The molecular weight excluding hydrogens is 583 g/mol. The summed E-state index contributed by atoms with van der Waals surface area (Å²) in [5.74, 6) is 0.948. The molecule has 0 unspecified atom stereocenters. The molecule has 2 heterocycles. The summed E-state index contributed by atoms with van der Waals surface area (Å²) in [4.78, 5) is 9.61. The summed E-state index contributed by atoms with van der Waals surface area (Å²) < 4.78 is 2.26. The minimum atomic E-state index is -0.134. The molecule has 0 N–H and O–H groups in total. The summed E-state index contributed by atoms with van der Waals surface area (Å²) in [5.41, 5.74) is 12.9. The average Bonchev–Trinajstić information content (AvgIpc) is 3.64. The molecule has 0 saturated carbocycles. The van der Waals surface area contributed by atoms with Crippen molar-refractivity contribution in [3.05, 3.63) is 163 Å². The normalized spacial score (nSPS) is 13.4. The van der Waals surface area contributed by atoms with Crippen LogP contribution in [-0.4, -0.2) is 14.5 Å². The number of hydrogen-bond acceptors (Lipinski definition) is 2. The summed E-state index contributed by atoms with van der Waals surface area (Å²) in [6, 6.07) is 52.7. The van der Waals surface area contributed by atoms with E-state index in [9.17, 15) is 0 Å². The van der Waals surface area contributed by atoms with Crippen molar-refractivity contribution < 1.29 is 0 Å². The van der Waals surface area contributed by atoms with E-state index in [0.29, 0.717) is 0 Å². The van der Waals surface area contributed by atoms with E-state index in [1.165, 1.54) is 54.9 Å². The number of para-hydroxylation sites is 3. The molecule has 2 aromatic heterocycles. The Hall–Kier alpha value is -6.06. The minimum Gasteiger partial charge on any atom is -0.292 e. The molecule has 7 aromatic carbocycles. The molecule has 9 aromatic rings. The van der Waals surface area contributed by atoms with Crippen LogP contribution in [0.3, 0.4) is 0 Å². The highest BCUT2D eigenvalue weighted by Crippen LogP contribution is 2.51. The zero-order valence-electron chi connectivity index (χ0n) is 26.8. The van der Waals surface area contributed by atoms with Crippen LogP contribution in [0.4, 0.5) is 0 Å². The SMILES string of the molecule is CC1(C)c2cc(-c3ccc(-c4nc5ccccc5n4-c4ccccc4)cc3)cc3ccc4cc(-c5ccc6ncccc6c5)cc1c4c23. The summed E-state index contributed by atoms with van der Waals surface area (Å²) in [6.45, 7) is 4.76. The van der Waals surface area contributed by atoms with E-state index in [4.69, 9.17) is 4.98 Å². The van der Waals surface area contributed by atoms with Crippen molar-refractivity contribution in [2.45, 2.75) is 19.3 Å². The Morgan fingerprint density at radius 1 is 0.479 bits per heavy atom. The molecule has 1 aliphatic rings. The van der Waals surface area contributed by atoms with Crippen LogP contribution >= 0.6 is 0 Å². The summed E-state index contributed by atoms with van der Waals surface area (Å²) >= 11 is 0. The lowest BCUT2D eigenvalue weighted by atomic mass is 9.80.